The lowest BCUT2D eigenvalue weighted by atomic mass is 10.3. The summed E-state index contributed by atoms with van der Waals surface area (Å²) in [6.45, 7) is 2.41. The van der Waals surface area contributed by atoms with Crippen molar-refractivity contribution in [1.29, 1.82) is 0 Å². The maximum Gasteiger partial charge on any atom is 0.299 e. The van der Waals surface area contributed by atoms with Gasteiger partial charge in [0.05, 0.1) is 11.4 Å². The number of nitrogens with zero attached hydrogens (tertiary/aromatic N) is 2. The Bertz CT molecular complexity index is 477. The molecule has 2 aromatic rings. The summed E-state index contributed by atoms with van der Waals surface area (Å²) in [7, 11) is 0. The Balaban J connectivity index is 2.46. The number of carbonyl (C=O) groups is 1. The molecule has 0 amide bonds. The fraction of sp³-hybridized carbons (Fsp3) is 0.167. The smallest absolute Gasteiger partial charge is 0.299 e. The first-order valence-corrected chi connectivity index (χ1v) is 5.10. The van der Waals surface area contributed by atoms with Crippen molar-refractivity contribution in [3.63, 3.8) is 0 Å². The molecule has 0 aliphatic heterocycles. The summed E-state index contributed by atoms with van der Waals surface area (Å²) in [5.74, 6) is 0.443. The van der Waals surface area contributed by atoms with Gasteiger partial charge < -0.3 is 4.74 Å². The summed E-state index contributed by atoms with van der Waals surface area (Å²) in [5, 5.41) is 4.35. The fourth-order valence-corrected chi connectivity index (χ4v) is 1.47. The molecule has 0 aliphatic rings. The van der Waals surface area contributed by atoms with Gasteiger partial charge in [0.2, 0.25) is 5.88 Å². The zero-order chi connectivity index (χ0) is 11.4. The minimum Gasteiger partial charge on any atom is -0.410 e. The van der Waals surface area contributed by atoms with Crippen LogP contribution in [0.2, 0.25) is 0 Å². The van der Waals surface area contributed by atoms with E-state index in [1.807, 2.05) is 37.3 Å². The van der Waals surface area contributed by atoms with E-state index in [0.29, 0.717) is 12.4 Å². The number of benzene rings is 1. The monoisotopic (exact) mass is 216 g/mol. The molecule has 4 nitrogen and oxygen atoms in total. The first-order valence-electron chi connectivity index (χ1n) is 5.10. The molecule has 1 heterocycles. The van der Waals surface area contributed by atoms with Gasteiger partial charge in [0.15, 0.2) is 0 Å². The Hall–Kier alpha value is -2.10. The van der Waals surface area contributed by atoms with Crippen molar-refractivity contribution in [2.75, 3.05) is 0 Å². The van der Waals surface area contributed by atoms with Gasteiger partial charge in [0.25, 0.3) is 6.47 Å². The molecule has 0 unspecified atom stereocenters. The summed E-state index contributed by atoms with van der Waals surface area (Å²) >= 11 is 0. The van der Waals surface area contributed by atoms with Gasteiger partial charge in [-0.3, -0.25) is 4.79 Å². The van der Waals surface area contributed by atoms with Crippen LogP contribution in [-0.2, 0) is 11.2 Å². The van der Waals surface area contributed by atoms with Crippen LogP contribution in [0, 0.1) is 0 Å². The summed E-state index contributed by atoms with van der Waals surface area (Å²) in [4.78, 5) is 10.4. The largest absolute Gasteiger partial charge is 0.410 e. The molecule has 1 aromatic carbocycles. The third-order valence-corrected chi connectivity index (χ3v) is 2.26. The minimum absolute atomic E-state index is 0.413. The second-order valence-electron chi connectivity index (χ2n) is 3.29. The molecule has 0 fully saturated rings. The average Bonchev–Trinajstić information content (AvgIpc) is 2.74. The first-order chi connectivity index (χ1) is 7.85. The van der Waals surface area contributed by atoms with E-state index in [-0.39, 0.29) is 0 Å². The lowest BCUT2D eigenvalue weighted by molar-refractivity contribution is -0.121. The molecule has 0 N–H and O–H groups in total. The van der Waals surface area contributed by atoms with Crippen LogP contribution in [0.25, 0.3) is 5.69 Å². The second kappa shape index (κ2) is 4.61. The van der Waals surface area contributed by atoms with E-state index in [2.05, 4.69) is 5.10 Å². The number of hydrogen-bond donors (Lipinski definition) is 0. The summed E-state index contributed by atoms with van der Waals surface area (Å²) < 4.78 is 6.51. The molecule has 0 bridgehead atoms. The Labute approximate surface area is 93.5 Å². The number of para-hydroxylation sites is 1. The van der Waals surface area contributed by atoms with Gasteiger partial charge in [0.1, 0.15) is 0 Å². The molecule has 1 aromatic heterocycles. The predicted octanol–water partition coefficient (Wildman–Crippen LogP) is 1.97. The van der Waals surface area contributed by atoms with E-state index >= 15 is 0 Å². The number of rotatable bonds is 4. The van der Waals surface area contributed by atoms with Crippen LogP contribution in [0.15, 0.2) is 36.4 Å². The van der Waals surface area contributed by atoms with E-state index in [4.69, 9.17) is 4.74 Å². The Morgan fingerprint density at radius 1 is 1.38 bits per heavy atom. The molecule has 16 heavy (non-hydrogen) atoms. The summed E-state index contributed by atoms with van der Waals surface area (Å²) in [6.07, 6.45) is 0.801. The number of aromatic nitrogens is 2. The highest BCUT2D eigenvalue weighted by atomic mass is 16.5. The molecule has 0 saturated heterocycles. The SMILES string of the molecule is CCc1cc(OC=O)n(-c2ccccc2)n1. The molecule has 2 rings (SSSR count). The van der Waals surface area contributed by atoms with Gasteiger partial charge in [-0.15, -0.1) is 0 Å². The molecule has 4 heteroatoms. The van der Waals surface area contributed by atoms with Crippen LogP contribution in [0.4, 0.5) is 0 Å². The number of hydrogen-bond acceptors (Lipinski definition) is 3. The van der Waals surface area contributed by atoms with Gasteiger partial charge in [-0.25, -0.2) is 4.68 Å². The number of aryl methyl sites for hydroxylation is 1. The Morgan fingerprint density at radius 3 is 2.75 bits per heavy atom. The van der Waals surface area contributed by atoms with Crippen LogP contribution >= 0.6 is 0 Å². The highest BCUT2D eigenvalue weighted by Gasteiger charge is 2.09. The zero-order valence-electron chi connectivity index (χ0n) is 8.96. The molecule has 0 aliphatic carbocycles. The summed E-state index contributed by atoms with van der Waals surface area (Å²) in [5.41, 5.74) is 1.76. The van der Waals surface area contributed by atoms with E-state index in [9.17, 15) is 4.79 Å². The van der Waals surface area contributed by atoms with Crippen LogP contribution < -0.4 is 4.74 Å². The van der Waals surface area contributed by atoms with Crippen LogP contribution in [-0.4, -0.2) is 16.3 Å². The average molecular weight is 216 g/mol. The first kappa shape index (κ1) is 10.4. The van der Waals surface area contributed by atoms with Crippen molar-refractivity contribution in [1.82, 2.24) is 9.78 Å². The van der Waals surface area contributed by atoms with Gasteiger partial charge in [-0.2, -0.15) is 5.10 Å². The summed E-state index contributed by atoms with van der Waals surface area (Å²) in [6, 6.07) is 11.3. The quantitative estimate of drug-likeness (QED) is 0.734. The van der Waals surface area contributed by atoms with E-state index in [0.717, 1.165) is 17.8 Å². The number of ether oxygens (including phenoxy) is 1. The van der Waals surface area contributed by atoms with Crippen molar-refractivity contribution in [2.45, 2.75) is 13.3 Å². The normalized spacial score (nSPS) is 10.1. The molecule has 82 valence electrons. The van der Waals surface area contributed by atoms with Crippen LogP contribution in [0.3, 0.4) is 0 Å². The standard InChI is InChI=1S/C12H12N2O2/c1-2-10-8-12(16-9-15)14(13-10)11-6-4-3-5-7-11/h3-9H,2H2,1H3. The molecule has 0 saturated carbocycles. The third kappa shape index (κ3) is 1.95. The highest BCUT2D eigenvalue weighted by Crippen LogP contribution is 2.19. The van der Waals surface area contributed by atoms with Crippen molar-refractivity contribution in [2.24, 2.45) is 0 Å². The molecule has 0 spiro atoms. The number of carbonyl (C=O) groups excluding carboxylic acids is 1. The lowest BCUT2D eigenvalue weighted by Crippen LogP contribution is -2.01. The predicted molar refractivity (Wildman–Crippen MR) is 59.6 cm³/mol. The van der Waals surface area contributed by atoms with Gasteiger partial charge in [-0.1, -0.05) is 25.1 Å². The van der Waals surface area contributed by atoms with E-state index < -0.39 is 0 Å². The molecule has 0 atom stereocenters. The highest BCUT2D eigenvalue weighted by molar-refractivity contribution is 5.46. The maximum atomic E-state index is 10.4. The van der Waals surface area contributed by atoms with Crippen molar-refractivity contribution in [3.8, 4) is 11.6 Å². The van der Waals surface area contributed by atoms with E-state index in [1.54, 1.807) is 10.7 Å². The van der Waals surface area contributed by atoms with Crippen LogP contribution in [0.1, 0.15) is 12.6 Å². The second-order valence-corrected chi connectivity index (χ2v) is 3.29. The van der Waals surface area contributed by atoms with E-state index in [1.165, 1.54) is 0 Å². The minimum atomic E-state index is 0.413. The molecular weight excluding hydrogens is 204 g/mol. The lowest BCUT2D eigenvalue weighted by Gasteiger charge is -2.03. The fourth-order valence-electron chi connectivity index (χ4n) is 1.47. The third-order valence-electron chi connectivity index (χ3n) is 2.26. The Morgan fingerprint density at radius 2 is 2.12 bits per heavy atom. The van der Waals surface area contributed by atoms with Crippen molar-refractivity contribution < 1.29 is 9.53 Å². The van der Waals surface area contributed by atoms with Gasteiger partial charge in [-0.05, 0) is 18.6 Å². The molecular formula is C12H12N2O2. The molecule has 0 radical (unpaired) electrons. The topological polar surface area (TPSA) is 44.1 Å². The van der Waals surface area contributed by atoms with Crippen molar-refractivity contribution >= 4 is 6.47 Å². The van der Waals surface area contributed by atoms with Gasteiger partial charge >= 0.3 is 0 Å². The van der Waals surface area contributed by atoms with Crippen LogP contribution in [0.5, 0.6) is 5.88 Å². The Kier molecular flexibility index (Phi) is 3.00. The van der Waals surface area contributed by atoms with Gasteiger partial charge in [0, 0.05) is 6.07 Å². The zero-order valence-corrected chi connectivity index (χ0v) is 8.96. The van der Waals surface area contributed by atoms with Crippen molar-refractivity contribution in [3.05, 3.63) is 42.1 Å². The maximum absolute atomic E-state index is 10.4.